The van der Waals surface area contributed by atoms with Crippen LogP contribution in [0.15, 0.2) is 41.3 Å². The molecule has 116 valence electrons. The van der Waals surface area contributed by atoms with E-state index in [1.54, 1.807) is 12.3 Å². The Morgan fingerprint density at radius 2 is 2.09 bits per heavy atom. The predicted octanol–water partition coefficient (Wildman–Crippen LogP) is -0.427. The van der Waals surface area contributed by atoms with Crippen LogP contribution < -0.4 is 25.9 Å². The number of amides is 2. The Morgan fingerprint density at radius 3 is 2.77 bits per heavy atom. The molecule has 1 aromatic carbocycles. The minimum Gasteiger partial charge on any atom is -0.496 e. The number of nitrogens with zero attached hydrogens (tertiary/aromatic N) is 1. The molecule has 0 fully saturated rings. The summed E-state index contributed by atoms with van der Waals surface area (Å²) >= 11 is 0. The van der Waals surface area contributed by atoms with Crippen molar-refractivity contribution in [1.29, 1.82) is 0 Å². The predicted molar refractivity (Wildman–Crippen MR) is 77.1 cm³/mol. The molecule has 0 spiro atoms. The zero-order valence-corrected chi connectivity index (χ0v) is 12.3. The minimum atomic E-state index is -3.81. The number of urea groups is 1. The molecule has 0 saturated carbocycles. The molecule has 0 aromatic heterocycles. The van der Waals surface area contributed by atoms with Gasteiger partial charge in [0.05, 0.1) is 23.9 Å². The van der Waals surface area contributed by atoms with Gasteiger partial charge >= 0.3 is 6.03 Å². The number of rotatable bonds is 3. The highest BCUT2D eigenvalue weighted by atomic mass is 32.2. The molecule has 2 amide bonds. The number of carbonyl (C=O) groups is 1. The molecule has 0 bridgehead atoms. The van der Waals surface area contributed by atoms with Gasteiger partial charge in [-0.05, 0) is 12.1 Å². The van der Waals surface area contributed by atoms with Gasteiger partial charge in [0.15, 0.2) is 0 Å². The fourth-order valence-electron chi connectivity index (χ4n) is 2.11. The lowest BCUT2D eigenvalue weighted by molar-refractivity contribution is 0.218. The number of nitrogens with one attached hydrogen (secondary N) is 3. The van der Waals surface area contributed by atoms with E-state index < -0.39 is 10.0 Å². The van der Waals surface area contributed by atoms with Gasteiger partial charge in [0.1, 0.15) is 11.6 Å². The molecule has 0 atom stereocenters. The Kier molecular flexibility index (Phi) is 3.19. The highest BCUT2D eigenvalue weighted by Gasteiger charge is 2.25. The van der Waals surface area contributed by atoms with Crippen LogP contribution in [0.4, 0.5) is 4.79 Å². The molecule has 0 radical (unpaired) electrons. The molecule has 2 heterocycles. The molecule has 0 unspecified atom stereocenters. The van der Waals surface area contributed by atoms with Gasteiger partial charge in [-0.3, -0.25) is 0 Å². The number of hydrogen-bond acceptors (Lipinski definition) is 6. The number of hydrogen-bond donors (Lipinski definition) is 4. The minimum absolute atomic E-state index is 0.0430. The lowest BCUT2D eigenvalue weighted by Crippen LogP contribution is -2.47. The summed E-state index contributed by atoms with van der Waals surface area (Å²) < 4.78 is 28.0. The first-order valence-corrected chi connectivity index (χ1v) is 7.70. The van der Waals surface area contributed by atoms with Gasteiger partial charge in [0.25, 0.3) is 0 Å². The lowest BCUT2D eigenvalue weighted by atomic mass is 10.1. The SMILES string of the molecule is COc1cc(S(N)(=O)=O)ccc1C1=CN2NC(=O)NC=C2N1. The van der Waals surface area contributed by atoms with Gasteiger partial charge in [-0.1, -0.05) is 0 Å². The van der Waals surface area contributed by atoms with E-state index in [9.17, 15) is 13.2 Å². The van der Waals surface area contributed by atoms with Crippen molar-refractivity contribution in [3.05, 3.63) is 42.0 Å². The summed E-state index contributed by atoms with van der Waals surface area (Å²) in [5.74, 6) is 0.956. The van der Waals surface area contributed by atoms with Crippen LogP contribution in [0.5, 0.6) is 5.75 Å². The van der Waals surface area contributed by atoms with Crippen molar-refractivity contribution in [2.24, 2.45) is 5.14 Å². The van der Waals surface area contributed by atoms with Crippen molar-refractivity contribution in [3.63, 3.8) is 0 Å². The summed E-state index contributed by atoms with van der Waals surface area (Å²) in [7, 11) is -2.38. The maximum Gasteiger partial charge on any atom is 0.338 e. The zero-order valence-electron chi connectivity index (χ0n) is 11.5. The molecule has 2 aliphatic rings. The number of fused-ring (bicyclic) bond motifs is 1. The standard InChI is InChI=1S/C12H13N5O4S/c1-21-10-4-7(22(13,19)20)2-3-8(10)9-6-17-11(15-9)5-14-12(18)16-17/h2-6,15H,1H3,(H2,13,19,20)(H2,14,16,18). The van der Waals surface area contributed by atoms with Crippen LogP contribution in [0.1, 0.15) is 5.56 Å². The van der Waals surface area contributed by atoms with Gasteiger partial charge in [0.2, 0.25) is 10.0 Å². The molecule has 9 nitrogen and oxygen atoms in total. The Hall–Kier alpha value is -2.72. The molecule has 22 heavy (non-hydrogen) atoms. The highest BCUT2D eigenvalue weighted by Crippen LogP contribution is 2.31. The molecule has 0 saturated heterocycles. The number of methoxy groups -OCH3 is 1. The van der Waals surface area contributed by atoms with Crippen LogP contribution >= 0.6 is 0 Å². The van der Waals surface area contributed by atoms with Crippen LogP contribution in [0, 0.1) is 0 Å². The molecule has 2 aliphatic heterocycles. The summed E-state index contributed by atoms with van der Waals surface area (Å²) in [4.78, 5) is 11.2. The number of ether oxygens (including phenoxy) is 1. The van der Waals surface area contributed by atoms with E-state index in [0.717, 1.165) is 0 Å². The van der Waals surface area contributed by atoms with Crippen molar-refractivity contribution in [2.45, 2.75) is 4.90 Å². The van der Waals surface area contributed by atoms with Crippen LogP contribution in [0.2, 0.25) is 0 Å². The Balaban J connectivity index is 1.99. The second-order valence-electron chi connectivity index (χ2n) is 4.56. The third kappa shape index (κ3) is 2.44. The number of sulfonamides is 1. The maximum atomic E-state index is 11.4. The molecule has 0 aliphatic carbocycles. The number of benzene rings is 1. The lowest BCUT2D eigenvalue weighted by Gasteiger charge is -2.22. The molecule has 5 N–H and O–H groups in total. The van der Waals surface area contributed by atoms with Gasteiger partial charge in [-0.2, -0.15) is 0 Å². The summed E-state index contributed by atoms with van der Waals surface area (Å²) in [5, 5.41) is 12.2. The molecular weight excluding hydrogens is 310 g/mol. The van der Waals surface area contributed by atoms with Crippen molar-refractivity contribution >= 4 is 21.8 Å². The number of hydrazine groups is 1. The Labute approximate surface area is 126 Å². The third-order valence-corrected chi connectivity index (χ3v) is 4.05. The average Bonchev–Trinajstić information content (AvgIpc) is 2.88. The summed E-state index contributed by atoms with van der Waals surface area (Å²) in [5.41, 5.74) is 3.83. The van der Waals surface area contributed by atoms with E-state index in [2.05, 4.69) is 16.1 Å². The fourth-order valence-corrected chi connectivity index (χ4v) is 2.64. The first kappa shape index (κ1) is 14.2. The maximum absolute atomic E-state index is 11.4. The Bertz CT molecular complexity index is 815. The van der Waals surface area contributed by atoms with E-state index >= 15 is 0 Å². The van der Waals surface area contributed by atoms with Crippen molar-refractivity contribution in [2.75, 3.05) is 7.11 Å². The van der Waals surface area contributed by atoms with E-state index in [1.165, 1.54) is 30.5 Å². The normalized spacial score (nSPS) is 16.8. The van der Waals surface area contributed by atoms with E-state index in [0.29, 0.717) is 22.8 Å². The van der Waals surface area contributed by atoms with Crippen molar-refractivity contribution in [1.82, 2.24) is 21.1 Å². The molecule has 1 aromatic rings. The van der Waals surface area contributed by atoms with Crippen LogP contribution in [-0.2, 0) is 10.0 Å². The summed E-state index contributed by atoms with van der Waals surface area (Å²) in [6.45, 7) is 0. The molecular formula is C12H13N5O4S. The monoisotopic (exact) mass is 323 g/mol. The molecule has 10 heteroatoms. The summed E-state index contributed by atoms with van der Waals surface area (Å²) in [6.07, 6.45) is 3.16. The number of carbonyl (C=O) groups excluding carboxylic acids is 1. The van der Waals surface area contributed by atoms with Crippen LogP contribution in [-0.4, -0.2) is 26.6 Å². The fraction of sp³-hybridized carbons (Fsp3) is 0.0833. The van der Waals surface area contributed by atoms with Crippen molar-refractivity contribution < 1.29 is 17.9 Å². The topological polar surface area (TPSA) is 126 Å². The first-order chi connectivity index (χ1) is 10.4. The summed E-state index contributed by atoms with van der Waals surface area (Å²) in [6, 6.07) is 3.94. The molecule has 3 rings (SSSR count). The van der Waals surface area contributed by atoms with Crippen LogP contribution in [0.25, 0.3) is 5.70 Å². The highest BCUT2D eigenvalue weighted by molar-refractivity contribution is 7.89. The zero-order chi connectivity index (χ0) is 15.9. The van der Waals surface area contributed by atoms with E-state index in [-0.39, 0.29) is 10.9 Å². The number of nitrogens with two attached hydrogens (primary N) is 1. The third-order valence-electron chi connectivity index (χ3n) is 3.13. The number of primary sulfonamides is 1. The smallest absolute Gasteiger partial charge is 0.338 e. The van der Waals surface area contributed by atoms with Gasteiger partial charge in [0, 0.05) is 17.8 Å². The van der Waals surface area contributed by atoms with Gasteiger partial charge in [-0.15, -0.1) is 0 Å². The van der Waals surface area contributed by atoms with Crippen molar-refractivity contribution in [3.8, 4) is 5.75 Å². The second-order valence-corrected chi connectivity index (χ2v) is 6.12. The quantitative estimate of drug-likeness (QED) is 0.598. The van der Waals surface area contributed by atoms with Gasteiger partial charge < -0.3 is 15.4 Å². The van der Waals surface area contributed by atoms with E-state index in [1.807, 2.05) is 0 Å². The van der Waals surface area contributed by atoms with E-state index in [4.69, 9.17) is 9.88 Å². The van der Waals surface area contributed by atoms with Gasteiger partial charge in [-0.25, -0.2) is 28.8 Å². The van der Waals surface area contributed by atoms with Crippen LogP contribution in [0.3, 0.4) is 0 Å². The average molecular weight is 323 g/mol. The largest absolute Gasteiger partial charge is 0.496 e. The second kappa shape index (κ2) is 4.93. The Morgan fingerprint density at radius 1 is 1.32 bits per heavy atom. The first-order valence-electron chi connectivity index (χ1n) is 6.15.